The van der Waals surface area contributed by atoms with E-state index in [0.29, 0.717) is 24.2 Å². The Bertz CT molecular complexity index is 880. The van der Waals surface area contributed by atoms with E-state index >= 15 is 0 Å². The Kier molecular flexibility index (Phi) is 6.28. The monoisotopic (exact) mass is 430 g/mol. The molecule has 0 bridgehead atoms. The first kappa shape index (κ1) is 22.3. The van der Waals surface area contributed by atoms with Crippen molar-refractivity contribution in [1.29, 1.82) is 0 Å². The Hall–Kier alpha value is -3.43. The van der Waals surface area contributed by atoms with E-state index in [0.717, 1.165) is 4.90 Å². The second-order valence-corrected chi connectivity index (χ2v) is 8.36. The van der Waals surface area contributed by atoms with Crippen LogP contribution in [0.2, 0.25) is 0 Å². The Morgan fingerprint density at radius 1 is 0.903 bits per heavy atom. The standard InChI is InChI=1S/C21H26N4O6/c1-21(2,3)31-20(30)22-12-16(26)23-8-10-24(11-9-23)17(27)13-25-18(28)14-6-4-5-7-15(14)19(25)29/h4-7H,8-13H2,1-3H3,(H,22,30). The summed E-state index contributed by atoms with van der Waals surface area (Å²) in [5.41, 5.74) is -0.0556. The van der Waals surface area contributed by atoms with E-state index in [2.05, 4.69) is 5.32 Å². The van der Waals surface area contributed by atoms with Crippen molar-refractivity contribution in [2.24, 2.45) is 0 Å². The summed E-state index contributed by atoms with van der Waals surface area (Å²) >= 11 is 0. The number of nitrogens with one attached hydrogen (secondary N) is 1. The van der Waals surface area contributed by atoms with Gasteiger partial charge in [-0.15, -0.1) is 0 Å². The van der Waals surface area contributed by atoms with Gasteiger partial charge in [-0.3, -0.25) is 24.1 Å². The summed E-state index contributed by atoms with van der Waals surface area (Å²) < 4.78 is 5.09. The van der Waals surface area contributed by atoms with Gasteiger partial charge in [0.05, 0.1) is 11.1 Å². The molecule has 1 saturated heterocycles. The van der Waals surface area contributed by atoms with Crippen LogP contribution in [0.1, 0.15) is 41.5 Å². The summed E-state index contributed by atoms with van der Waals surface area (Å²) in [7, 11) is 0. The summed E-state index contributed by atoms with van der Waals surface area (Å²) in [4.78, 5) is 65.4. The maximum absolute atomic E-state index is 12.6. The fraction of sp³-hybridized carbons (Fsp3) is 0.476. The summed E-state index contributed by atoms with van der Waals surface area (Å²) in [6.07, 6.45) is -0.671. The number of piperazine rings is 1. The van der Waals surface area contributed by atoms with Gasteiger partial charge in [-0.05, 0) is 32.9 Å². The molecule has 2 aliphatic rings. The lowest BCUT2D eigenvalue weighted by molar-refractivity contribution is -0.139. The highest BCUT2D eigenvalue weighted by Gasteiger charge is 2.37. The fourth-order valence-corrected chi connectivity index (χ4v) is 3.40. The number of rotatable bonds is 4. The fourth-order valence-electron chi connectivity index (χ4n) is 3.40. The lowest BCUT2D eigenvalue weighted by Gasteiger charge is -2.35. The van der Waals surface area contributed by atoms with Gasteiger partial charge in [0.1, 0.15) is 18.7 Å². The van der Waals surface area contributed by atoms with Gasteiger partial charge in [-0.2, -0.15) is 0 Å². The van der Waals surface area contributed by atoms with Crippen LogP contribution in [0.25, 0.3) is 0 Å². The molecule has 2 heterocycles. The molecule has 1 aromatic carbocycles. The van der Waals surface area contributed by atoms with Crippen molar-refractivity contribution in [3.63, 3.8) is 0 Å². The predicted molar refractivity (Wildman–Crippen MR) is 109 cm³/mol. The Labute approximate surface area is 180 Å². The number of ether oxygens (including phenoxy) is 1. The molecule has 2 aliphatic heterocycles. The SMILES string of the molecule is CC(C)(C)OC(=O)NCC(=O)N1CCN(C(=O)CN2C(=O)c3ccccc3C2=O)CC1. The molecule has 0 aliphatic carbocycles. The summed E-state index contributed by atoms with van der Waals surface area (Å²) in [6, 6.07) is 6.47. The smallest absolute Gasteiger partial charge is 0.408 e. The largest absolute Gasteiger partial charge is 0.444 e. The van der Waals surface area contributed by atoms with Gasteiger partial charge in [0, 0.05) is 26.2 Å². The molecule has 3 rings (SSSR count). The average molecular weight is 430 g/mol. The maximum atomic E-state index is 12.6. The minimum atomic E-state index is -0.671. The van der Waals surface area contributed by atoms with Crippen LogP contribution >= 0.6 is 0 Å². The molecule has 10 nitrogen and oxygen atoms in total. The molecule has 1 N–H and O–H groups in total. The van der Waals surface area contributed by atoms with Crippen molar-refractivity contribution in [2.75, 3.05) is 39.3 Å². The minimum absolute atomic E-state index is 0.197. The first-order valence-corrected chi connectivity index (χ1v) is 10.0. The quantitative estimate of drug-likeness (QED) is 0.695. The Morgan fingerprint density at radius 2 is 1.39 bits per heavy atom. The van der Waals surface area contributed by atoms with Crippen molar-refractivity contribution < 1.29 is 28.7 Å². The van der Waals surface area contributed by atoms with E-state index in [1.165, 1.54) is 4.90 Å². The average Bonchev–Trinajstić information content (AvgIpc) is 2.96. The number of alkyl carbamates (subject to hydrolysis) is 1. The first-order chi connectivity index (χ1) is 14.6. The zero-order valence-corrected chi connectivity index (χ0v) is 17.8. The number of carbonyl (C=O) groups excluding carboxylic acids is 5. The number of amides is 5. The number of nitrogens with zero attached hydrogens (tertiary/aromatic N) is 3. The van der Waals surface area contributed by atoms with Crippen LogP contribution < -0.4 is 5.32 Å². The minimum Gasteiger partial charge on any atom is -0.444 e. The number of hydrogen-bond donors (Lipinski definition) is 1. The number of hydrogen-bond acceptors (Lipinski definition) is 6. The van der Waals surface area contributed by atoms with Gasteiger partial charge < -0.3 is 19.9 Å². The first-order valence-electron chi connectivity index (χ1n) is 10.0. The van der Waals surface area contributed by atoms with Crippen molar-refractivity contribution in [2.45, 2.75) is 26.4 Å². The van der Waals surface area contributed by atoms with Gasteiger partial charge in [0.15, 0.2) is 0 Å². The topological polar surface area (TPSA) is 116 Å². The molecule has 0 saturated carbocycles. The van der Waals surface area contributed by atoms with Crippen LogP contribution in [0.3, 0.4) is 0 Å². The van der Waals surface area contributed by atoms with E-state index in [9.17, 15) is 24.0 Å². The molecule has 0 aromatic heterocycles. The Balaban J connectivity index is 1.46. The van der Waals surface area contributed by atoms with Gasteiger partial charge >= 0.3 is 6.09 Å². The summed E-state index contributed by atoms with van der Waals surface area (Å²) in [5.74, 6) is -1.58. The molecule has 1 aromatic rings. The Morgan fingerprint density at radius 3 is 1.87 bits per heavy atom. The summed E-state index contributed by atoms with van der Waals surface area (Å²) in [5, 5.41) is 2.42. The van der Waals surface area contributed by atoms with E-state index < -0.39 is 23.5 Å². The highest BCUT2D eigenvalue weighted by Crippen LogP contribution is 2.22. The van der Waals surface area contributed by atoms with E-state index in [1.54, 1.807) is 49.9 Å². The molecule has 0 spiro atoms. The maximum Gasteiger partial charge on any atom is 0.408 e. The molecule has 31 heavy (non-hydrogen) atoms. The number of carbonyl (C=O) groups is 5. The third-order valence-electron chi connectivity index (χ3n) is 4.94. The lowest BCUT2D eigenvalue weighted by atomic mass is 10.1. The summed E-state index contributed by atoms with van der Waals surface area (Å²) in [6.45, 7) is 5.80. The molecule has 0 atom stereocenters. The second kappa shape index (κ2) is 8.75. The van der Waals surface area contributed by atoms with Crippen molar-refractivity contribution >= 4 is 29.7 Å². The molecule has 1 fully saturated rings. The molecule has 5 amide bonds. The molecule has 0 radical (unpaired) electrons. The zero-order chi connectivity index (χ0) is 22.8. The van der Waals surface area contributed by atoms with E-state index in [-0.39, 0.29) is 38.0 Å². The number of benzene rings is 1. The van der Waals surface area contributed by atoms with Gasteiger partial charge in [-0.25, -0.2) is 4.79 Å². The van der Waals surface area contributed by atoms with Crippen LogP contribution in [0.5, 0.6) is 0 Å². The zero-order valence-electron chi connectivity index (χ0n) is 17.8. The van der Waals surface area contributed by atoms with E-state index in [1.807, 2.05) is 0 Å². The second-order valence-electron chi connectivity index (χ2n) is 8.36. The third-order valence-corrected chi connectivity index (χ3v) is 4.94. The third kappa shape index (κ3) is 5.19. The van der Waals surface area contributed by atoms with Crippen LogP contribution in [-0.4, -0.2) is 89.3 Å². The van der Waals surface area contributed by atoms with Crippen molar-refractivity contribution in [1.82, 2.24) is 20.0 Å². The highest BCUT2D eigenvalue weighted by molar-refractivity contribution is 6.22. The molecule has 0 unspecified atom stereocenters. The van der Waals surface area contributed by atoms with Gasteiger partial charge in [0.25, 0.3) is 11.8 Å². The lowest BCUT2D eigenvalue weighted by Crippen LogP contribution is -2.54. The highest BCUT2D eigenvalue weighted by atomic mass is 16.6. The predicted octanol–water partition coefficient (Wildman–Crippen LogP) is 0.478. The normalized spacial score (nSPS) is 16.3. The van der Waals surface area contributed by atoms with E-state index in [4.69, 9.17) is 4.74 Å². The van der Waals surface area contributed by atoms with Crippen LogP contribution in [0.4, 0.5) is 4.79 Å². The molecule has 166 valence electrons. The van der Waals surface area contributed by atoms with Crippen LogP contribution in [-0.2, 0) is 14.3 Å². The molecular weight excluding hydrogens is 404 g/mol. The number of fused-ring (bicyclic) bond motifs is 1. The van der Waals surface area contributed by atoms with Crippen molar-refractivity contribution in [3.05, 3.63) is 35.4 Å². The molecular formula is C21H26N4O6. The number of imide groups is 1. The van der Waals surface area contributed by atoms with Crippen molar-refractivity contribution in [3.8, 4) is 0 Å². The van der Waals surface area contributed by atoms with Gasteiger partial charge in [-0.1, -0.05) is 12.1 Å². The van der Waals surface area contributed by atoms with Crippen LogP contribution in [0, 0.1) is 0 Å². The van der Waals surface area contributed by atoms with Gasteiger partial charge in [0.2, 0.25) is 11.8 Å². The van der Waals surface area contributed by atoms with Crippen LogP contribution in [0.15, 0.2) is 24.3 Å². The molecule has 10 heteroatoms.